The molecule has 1 heterocycles. The molecule has 1 aromatic heterocycles. The summed E-state index contributed by atoms with van der Waals surface area (Å²) >= 11 is 0. The number of nitrogens with one attached hydrogen (secondary N) is 2. The zero-order chi connectivity index (χ0) is 13.7. The first-order chi connectivity index (χ1) is 9.21. The lowest BCUT2D eigenvalue weighted by atomic mass is 10.2. The van der Waals surface area contributed by atoms with Gasteiger partial charge in [-0.1, -0.05) is 0 Å². The average Bonchev–Trinajstić information content (AvgIpc) is 2.39. The van der Waals surface area contributed by atoms with Crippen LogP contribution in [0.15, 0.2) is 30.3 Å². The maximum absolute atomic E-state index is 8.75. The third-order valence-corrected chi connectivity index (χ3v) is 2.48. The van der Waals surface area contributed by atoms with Crippen LogP contribution in [0.4, 0.5) is 17.3 Å². The van der Waals surface area contributed by atoms with Crippen LogP contribution in [0, 0.1) is 18.3 Å². The van der Waals surface area contributed by atoms with Gasteiger partial charge in [0.2, 0.25) is 0 Å². The minimum atomic E-state index is 0.637. The van der Waals surface area contributed by atoms with Crippen LogP contribution in [-0.4, -0.2) is 16.5 Å². The van der Waals surface area contributed by atoms with E-state index in [1.165, 1.54) is 0 Å². The SMILES string of the molecule is CCNc1cc(Nc2ccc(C#N)cc2)nc(C)n1. The van der Waals surface area contributed by atoms with Crippen molar-refractivity contribution in [3.8, 4) is 6.07 Å². The number of aryl methyl sites for hydroxylation is 1. The summed E-state index contributed by atoms with van der Waals surface area (Å²) in [5, 5.41) is 15.1. The Morgan fingerprint density at radius 3 is 2.47 bits per heavy atom. The lowest BCUT2D eigenvalue weighted by Crippen LogP contribution is -2.04. The zero-order valence-electron chi connectivity index (χ0n) is 10.9. The second-order valence-corrected chi connectivity index (χ2v) is 4.03. The lowest BCUT2D eigenvalue weighted by Gasteiger charge is -2.09. The largest absolute Gasteiger partial charge is 0.370 e. The third-order valence-electron chi connectivity index (χ3n) is 2.48. The molecular weight excluding hydrogens is 238 g/mol. The Morgan fingerprint density at radius 1 is 1.16 bits per heavy atom. The summed E-state index contributed by atoms with van der Waals surface area (Å²) < 4.78 is 0. The predicted octanol–water partition coefficient (Wildman–Crippen LogP) is 2.83. The molecule has 0 saturated heterocycles. The summed E-state index contributed by atoms with van der Waals surface area (Å²) in [6.07, 6.45) is 0. The van der Waals surface area contributed by atoms with Crippen LogP contribution in [-0.2, 0) is 0 Å². The molecule has 0 aliphatic heterocycles. The zero-order valence-corrected chi connectivity index (χ0v) is 10.9. The predicted molar refractivity (Wildman–Crippen MR) is 75.4 cm³/mol. The van der Waals surface area contributed by atoms with E-state index < -0.39 is 0 Å². The Hall–Kier alpha value is -2.61. The lowest BCUT2D eigenvalue weighted by molar-refractivity contribution is 1.04. The molecule has 96 valence electrons. The highest BCUT2D eigenvalue weighted by atomic mass is 15.1. The summed E-state index contributed by atoms with van der Waals surface area (Å²) in [4.78, 5) is 8.61. The van der Waals surface area contributed by atoms with E-state index in [9.17, 15) is 0 Å². The van der Waals surface area contributed by atoms with Gasteiger partial charge < -0.3 is 10.6 Å². The average molecular weight is 253 g/mol. The van der Waals surface area contributed by atoms with Crippen molar-refractivity contribution < 1.29 is 0 Å². The van der Waals surface area contributed by atoms with Crippen LogP contribution < -0.4 is 10.6 Å². The van der Waals surface area contributed by atoms with Crippen LogP contribution in [0.5, 0.6) is 0 Å². The highest BCUT2D eigenvalue weighted by Gasteiger charge is 2.02. The molecule has 0 radical (unpaired) electrons. The number of hydrogen-bond donors (Lipinski definition) is 2. The molecule has 2 aromatic rings. The minimum absolute atomic E-state index is 0.637. The van der Waals surface area contributed by atoms with Crippen molar-refractivity contribution in [3.63, 3.8) is 0 Å². The van der Waals surface area contributed by atoms with Crippen molar-refractivity contribution in [2.75, 3.05) is 17.2 Å². The van der Waals surface area contributed by atoms with Crippen LogP contribution >= 0.6 is 0 Å². The molecule has 0 aliphatic rings. The summed E-state index contributed by atoms with van der Waals surface area (Å²) in [6, 6.07) is 11.2. The molecule has 0 spiro atoms. The van der Waals surface area contributed by atoms with Crippen molar-refractivity contribution in [2.24, 2.45) is 0 Å². The molecule has 0 fully saturated rings. The van der Waals surface area contributed by atoms with E-state index in [1.54, 1.807) is 12.1 Å². The number of anilines is 3. The van der Waals surface area contributed by atoms with Gasteiger partial charge in [-0.05, 0) is 38.1 Å². The van der Waals surface area contributed by atoms with Gasteiger partial charge in [-0.15, -0.1) is 0 Å². The van der Waals surface area contributed by atoms with Crippen LogP contribution in [0.25, 0.3) is 0 Å². The fourth-order valence-electron chi connectivity index (χ4n) is 1.68. The fourth-order valence-corrected chi connectivity index (χ4v) is 1.68. The van der Waals surface area contributed by atoms with Gasteiger partial charge in [-0.25, -0.2) is 9.97 Å². The molecular formula is C14H15N5. The summed E-state index contributed by atoms with van der Waals surface area (Å²) in [5.74, 6) is 2.23. The number of rotatable bonds is 4. The minimum Gasteiger partial charge on any atom is -0.370 e. The number of nitriles is 1. The van der Waals surface area contributed by atoms with E-state index >= 15 is 0 Å². The molecule has 2 rings (SSSR count). The molecule has 0 bridgehead atoms. The standard InChI is InChI=1S/C14H15N5/c1-3-16-13-8-14(18-10(2)17-13)19-12-6-4-11(9-15)5-7-12/h4-8H,3H2,1-2H3,(H2,16,17,18,19). The van der Waals surface area contributed by atoms with Crippen LogP contribution in [0.3, 0.4) is 0 Å². The Kier molecular flexibility index (Phi) is 3.94. The molecule has 2 N–H and O–H groups in total. The number of benzene rings is 1. The van der Waals surface area contributed by atoms with Gasteiger partial charge in [0.15, 0.2) is 0 Å². The normalized spacial score (nSPS) is 9.74. The molecule has 1 aromatic carbocycles. The Bertz CT molecular complexity index is 598. The van der Waals surface area contributed by atoms with Crippen molar-refractivity contribution in [2.45, 2.75) is 13.8 Å². The number of nitrogens with zero attached hydrogens (tertiary/aromatic N) is 3. The van der Waals surface area contributed by atoms with Crippen LogP contribution in [0.1, 0.15) is 18.3 Å². The highest BCUT2D eigenvalue weighted by molar-refractivity contribution is 5.60. The first kappa shape index (κ1) is 12.8. The van der Waals surface area contributed by atoms with Crippen molar-refractivity contribution in [3.05, 3.63) is 41.7 Å². The quantitative estimate of drug-likeness (QED) is 0.876. The Morgan fingerprint density at radius 2 is 1.84 bits per heavy atom. The summed E-state index contributed by atoms with van der Waals surface area (Å²) in [5.41, 5.74) is 1.53. The Balaban J connectivity index is 2.20. The van der Waals surface area contributed by atoms with Gasteiger partial charge in [-0.2, -0.15) is 5.26 Å². The second kappa shape index (κ2) is 5.83. The van der Waals surface area contributed by atoms with Gasteiger partial charge in [0, 0.05) is 18.3 Å². The van der Waals surface area contributed by atoms with Gasteiger partial charge >= 0.3 is 0 Å². The fraction of sp³-hybridized carbons (Fsp3) is 0.214. The summed E-state index contributed by atoms with van der Waals surface area (Å²) in [6.45, 7) is 4.68. The molecule has 5 heteroatoms. The number of aromatic nitrogens is 2. The number of hydrogen-bond acceptors (Lipinski definition) is 5. The maximum atomic E-state index is 8.75. The molecule has 0 aliphatic carbocycles. The topological polar surface area (TPSA) is 73.6 Å². The van der Waals surface area contributed by atoms with Crippen LogP contribution in [0.2, 0.25) is 0 Å². The first-order valence-electron chi connectivity index (χ1n) is 6.08. The van der Waals surface area contributed by atoms with E-state index in [4.69, 9.17) is 5.26 Å². The Labute approximate surface area is 112 Å². The summed E-state index contributed by atoms with van der Waals surface area (Å²) in [7, 11) is 0. The van der Waals surface area contributed by atoms with E-state index in [-0.39, 0.29) is 0 Å². The molecule has 5 nitrogen and oxygen atoms in total. The van der Waals surface area contributed by atoms with E-state index in [1.807, 2.05) is 32.0 Å². The highest BCUT2D eigenvalue weighted by Crippen LogP contribution is 2.17. The molecule has 0 atom stereocenters. The molecule has 0 saturated carbocycles. The maximum Gasteiger partial charge on any atom is 0.136 e. The van der Waals surface area contributed by atoms with Gasteiger partial charge in [0.1, 0.15) is 17.5 Å². The van der Waals surface area contributed by atoms with E-state index in [2.05, 4.69) is 26.7 Å². The van der Waals surface area contributed by atoms with Gasteiger partial charge in [-0.3, -0.25) is 0 Å². The van der Waals surface area contributed by atoms with E-state index in [0.717, 1.165) is 23.9 Å². The van der Waals surface area contributed by atoms with Crippen molar-refractivity contribution in [1.29, 1.82) is 5.26 Å². The van der Waals surface area contributed by atoms with Gasteiger partial charge in [0.25, 0.3) is 0 Å². The third kappa shape index (κ3) is 3.42. The van der Waals surface area contributed by atoms with Crippen molar-refractivity contribution in [1.82, 2.24) is 9.97 Å². The first-order valence-corrected chi connectivity index (χ1v) is 6.08. The van der Waals surface area contributed by atoms with E-state index in [0.29, 0.717) is 11.4 Å². The molecule has 0 unspecified atom stereocenters. The smallest absolute Gasteiger partial charge is 0.136 e. The monoisotopic (exact) mass is 253 g/mol. The van der Waals surface area contributed by atoms with Crippen molar-refractivity contribution >= 4 is 17.3 Å². The molecule has 19 heavy (non-hydrogen) atoms. The molecule has 0 amide bonds. The second-order valence-electron chi connectivity index (χ2n) is 4.03. The van der Waals surface area contributed by atoms with Gasteiger partial charge in [0.05, 0.1) is 11.6 Å².